The molecule has 0 spiro atoms. The minimum atomic E-state index is -1.66. The fourth-order valence-electron chi connectivity index (χ4n) is 5.64. The monoisotopic (exact) mass is 486 g/mol. The number of ether oxygens (including phenoxy) is 2. The largest absolute Gasteiger partial charge is 0.457 e. The molecule has 0 unspecified atom stereocenters. The van der Waals surface area contributed by atoms with Crippen molar-refractivity contribution >= 4 is 40.6 Å². The third kappa shape index (κ3) is 2.98. The van der Waals surface area contributed by atoms with Crippen LogP contribution in [0.25, 0.3) is 22.3 Å². The van der Waals surface area contributed by atoms with Crippen molar-refractivity contribution < 1.29 is 19.1 Å². The number of esters is 2. The Hall–Kier alpha value is -4.01. The second-order valence-corrected chi connectivity index (χ2v) is 9.91. The Morgan fingerprint density at radius 3 is 2.78 bits per heavy atom. The molecule has 0 bridgehead atoms. The van der Waals surface area contributed by atoms with Crippen molar-refractivity contribution in [1.82, 2.24) is 9.55 Å². The third-order valence-corrected chi connectivity index (χ3v) is 7.13. The minimum Gasteiger partial charge on any atom is -0.457 e. The van der Waals surface area contributed by atoms with Gasteiger partial charge in [0.2, 0.25) is 5.60 Å². The maximum Gasteiger partial charge on any atom is 0.355 e. The maximum atomic E-state index is 13.8. The van der Waals surface area contributed by atoms with Crippen molar-refractivity contribution in [2.45, 2.75) is 52.9 Å². The number of rotatable bonds is 4. The standard InChI is InChI=1S/C27H26N4O5/c1-5-27(36-15(4)32)18-9-21-23-16(11-31(21)25(33)17(18)12-35-26(27)34)24-22-19(7-6-8-20(22)29-23)28-13-30(24)10-14(2)3/h6-9,13-14H,5,10-12H2,1-4H3/t27-/m0/s1. The van der Waals surface area contributed by atoms with Crippen LogP contribution < -0.4 is 10.5 Å². The first kappa shape index (κ1) is 22.5. The number of aliphatic imine (C=N–C) groups is 1. The first-order chi connectivity index (χ1) is 17.2. The van der Waals surface area contributed by atoms with Crippen molar-refractivity contribution in [3.63, 3.8) is 0 Å². The smallest absolute Gasteiger partial charge is 0.355 e. The van der Waals surface area contributed by atoms with Crippen LogP contribution in [-0.2, 0) is 37.8 Å². The molecule has 36 heavy (non-hydrogen) atoms. The molecule has 0 aliphatic carbocycles. The fourth-order valence-corrected chi connectivity index (χ4v) is 5.64. The van der Waals surface area contributed by atoms with Crippen molar-refractivity contribution in [2.75, 3.05) is 11.4 Å². The van der Waals surface area contributed by atoms with Gasteiger partial charge in [-0.15, -0.1) is 0 Å². The van der Waals surface area contributed by atoms with Crippen molar-refractivity contribution in [2.24, 2.45) is 10.9 Å². The highest BCUT2D eigenvalue weighted by molar-refractivity contribution is 6.11. The summed E-state index contributed by atoms with van der Waals surface area (Å²) in [5.41, 5.74) is 3.63. The van der Waals surface area contributed by atoms with Crippen molar-refractivity contribution in [3.8, 4) is 11.4 Å². The van der Waals surface area contributed by atoms with E-state index in [1.807, 2.05) is 24.5 Å². The number of cyclic esters (lactones) is 1. The molecule has 1 aromatic carbocycles. The van der Waals surface area contributed by atoms with Gasteiger partial charge in [0, 0.05) is 24.6 Å². The Labute approximate surface area is 207 Å². The number of pyridine rings is 2. The van der Waals surface area contributed by atoms with Gasteiger partial charge in [0.15, 0.2) is 0 Å². The quantitative estimate of drug-likeness (QED) is 0.404. The van der Waals surface area contributed by atoms with E-state index in [0.29, 0.717) is 35.0 Å². The molecule has 0 radical (unpaired) electrons. The molecule has 0 fully saturated rings. The molecule has 3 aliphatic heterocycles. The van der Waals surface area contributed by atoms with Crippen LogP contribution in [0.15, 0.2) is 34.1 Å². The number of benzene rings is 1. The van der Waals surface area contributed by atoms with Gasteiger partial charge in [-0.2, -0.15) is 0 Å². The Bertz CT molecular complexity index is 1570. The highest BCUT2D eigenvalue weighted by Gasteiger charge is 2.50. The molecule has 6 rings (SSSR count). The van der Waals surface area contributed by atoms with Crippen LogP contribution in [0.1, 0.15) is 50.8 Å². The van der Waals surface area contributed by atoms with E-state index in [1.54, 1.807) is 17.6 Å². The van der Waals surface area contributed by atoms with Crippen LogP contribution in [0.5, 0.6) is 0 Å². The van der Waals surface area contributed by atoms with Crippen molar-refractivity contribution in [1.29, 1.82) is 0 Å². The zero-order valence-corrected chi connectivity index (χ0v) is 20.6. The van der Waals surface area contributed by atoms with Crippen molar-refractivity contribution in [3.05, 3.63) is 51.3 Å². The Kier molecular flexibility index (Phi) is 4.83. The average Bonchev–Trinajstić information content (AvgIpc) is 3.21. The Morgan fingerprint density at radius 1 is 1.25 bits per heavy atom. The molecule has 0 saturated carbocycles. The molecule has 184 valence electrons. The molecule has 9 nitrogen and oxygen atoms in total. The molecule has 3 aliphatic rings. The van der Waals surface area contributed by atoms with Gasteiger partial charge >= 0.3 is 11.9 Å². The SMILES string of the molecule is CC[C@@]1(OC(C)=O)C(=O)OCc2c1cc1n(c2=O)Cc2c-1nc1cccc3c1c2N(CC(C)C)C=N3. The topological polar surface area (TPSA) is 103 Å². The van der Waals surface area contributed by atoms with E-state index in [1.165, 1.54) is 6.92 Å². The predicted octanol–water partition coefficient (Wildman–Crippen LogP) is 3.79. The number of carbonyl (C=O) groups is 2. The molecule has 3 aromatic rings. The zero-order chi connectivity index (χ0) is 25.4. The molecular formula is C27H26N4O5. The molecule has 0 amide bonds. The van der Waals surface area contributed by atoms with E-state index >= 15 is 0 Å². The van der Waals surface area contributed by atoms with Gasteiger partial charge in [0.05, 0.1) is 52.1 Å². The highest BCUT2D eigenvalue weighted by atomic mass is 16.6. The summed E-state index contributed by atoms with van der Waals surface area (Å²) in [6.45, 7) is 8.22. The summed E-state index contributed by atoms with van der Waals surface area (Å²) in [7, 11) is 0. The lowest BCUT2D eigenvalue weighted by Gasteiger charge is -2.35. The van der Waals surface area contributed by atoms with Crippen LogP contribution in [-0.4, -0.2) is 34.4 Å². The van der Waals surface area contributed by atoms with Gasteiger partial charge in [-0.1, -0.05) is 26.8 Å². The van der Waals surface area contributed by atoms with Gasteiger partial charge in [-0.05, 0) is 30.5 Å². The second-order valence-electron chi connectivity index (χ2n) is 9.91. The number of aromatic nitrogens is 2. The van der Waals surface area contributed by atoms with Crippen LogP contribution >= 0.6 is 0 Å². The van der Waals surface area contributed by atoms with E-state index in [9.17, 15) is 14.4 Å². The van der Waals surface area contributed by atoms with Gasteiger partial charge in [0.25, 0.3) is 5.56 Å². The van der Waals surface area contributed by atoms with Crippen LogP contribution in [0.4, 0.5) is 11.4 Å². The molecule has 2 aromatic heterocycles. The zero-order valence-electron chi connectivity index (χ0n) is 20.6. The first-order valence-corrected chi connectivity index (χ1v) is 12.2. The summed E-state index contributed by atoms with van der Waals surface area (Å²) >= 11 is 0. The number of hydrogen-bond donors (Lipinski definition) is 0. The lowest BCUT2D eigenvalue weighted by atomic mass is 9.85. The van der Waals surface area contributed by atoms with E-state index in [4.69, 9.17) is 14.5 Å². The third-order valence-electron chi connectivity index (χ3n) is 7.13. The highest BCUT2D eigenvalue weighted by Crippen LogP contribution is 2.47. The number of anilines is 1. The maximum absolute atomic E-state index is 13.8. The van der Waals surface area contributed by atoms with Gasteiger partial charge in [-0.3, -0.25) is 9.59 Å². The molecule has 0 saturated heterocycles. The molecule has 0 N–H and O–H groups in total. The summed E-state index contributed by atoms with van der Waals surface area (Å²) in [6.07, 6.45) is 2.00. The summed E-state index contributed by atoms with van der Waals surface area (Å²) in [4.78, 5) is 50.5. The van der Waals surface area contributed by atoms with Gasteiger partial charge < -0.3 is 18.9 Å². The van der Waals surface area contributed by atoms with Gasteiger partial charge in [-0.25, -0.2) is 14.8 Å². The van der Waals surface area contributed by atoms with E-state index in [-0.39, 0.29) is 18.6 Å². The second kappa shape index (κ2) is 7.74. The molecule has 9 heteroatoms. The van der Waals surface area contributed by atoms with Crippen LogP contribution in [0.3, 0.4) is 0 Å². The summed E-state index contributed by atoms with van der Waals surface area (Å²) in [5.74, 6) is -0.899. The van der Waals surface area contributed by atoms with Crippen LogP contribution in [0.2, 0.25) is 0 Å². The summed E-state index contributed by atoms with van der Waals surface area (Å²) in [6, 6.07) is 7.62. The Balaban J connectivity index is 1.64. The average molecular weight is 487 g/mol. The summed E-state index contributed by atoms with van der Waals surface area (Å²) < 4.78 is 12.6. The minimum absolute atomic E-state index is 0.145. The number of fused-ring (bicyclic) bond motifs is 5. The molecule has 1 atom stereocenters. The van der Waals surface area contributed by atoms with E-state index in [0.717, 1.165) is 34.4 Å². The fraction of sp³-hybridized carbons (Fsp3) is 0.370. The number of nitrogens with zero attached hydrogens (tertiary/aromatic N) is 4. The van der Waals surface area contributed by atoms with Crippen LogP contribution in [0, 0.1) is 5.92 Å². The van der Waals surface area contributed by atoms with E-state index < -0.39 is 17.5 Å². The Morgan fingerprint density at radius 2 is 2.06 bits per heavy atom. The summed E-state index contributed by atoms with van der Waals surface area (Å²) in [5, 5.41) is 0.964. The van der Waals surface area contributed by atoms with E-state index in [2.05, 4.69) is 23.7 Å². The molecule has 5 heterocycles. The lowest BCUT2D eigenvalue weighted by Crippen LogP contribution is -2.47. The normalized spacial score (nSPS) is 19.2. The number of hydrogen-bond acceptors (Lipinski definition) is 8. The number of carbonyl (C=O) groups excluding carboxylic acids is 2. The molecular weight excluding hydrogens is 460 g/mol. The predicted molar refractivity (Wildman–Crippen MR) is 134 cm³/mol. The first-order valence-electron chi connectivity index (χ1n) is 12.2. The lowest BCUT2D eigenvalue weighted by molar-refractivity contribution is -0.188. The van der Waals surface area contributed by atoms with Gasteiger partial charge in [0.1, 0.15) is 6.61 Å².